The van der Waals surface area contributed by atoms with Crippen LogP contribution in [0.1, 0.15) is 74.9 Å². The second-order valence-corrected chi connectivity index (χ2v) is 5.23. The van der Waals surface area contributed by atoms with E-state index >= 15 is 0 Å². The van der Waals surface area contributed by atoms with Crippen molar-refractivity contribution in [2.24, 2.45) is 0 Å². The van der Waals surface area contributed by atoms with Gasteiger partial charge in [0.15, 0.2) is 0 Å². The minimum absolute atomic E-state index is 0.0272. The largest absolute Gasteiger partial charge is 0.282 e. The molecule has 1 aliphatic carbocycles. The van der Waals surface area contributed by atoms with Crippen LogP contribution >= 0.6 is 0 Å². The maximum Gasteiger partial charge on any atom is 0.282 e. The van der Waals surface area contributed by atoms with Crippen molar-refractivity contribution >= 4 is 0 Å². The van der Waals surface area contributed by atoms with Crippen LogP contribution in [0.2, 0.25) is 0 Å². The summed E-state index contributed by atoms with van der Waals surface area (Å²) >= 11 is 0. The van der Waals surface area contributed by atoms with Crippen molar-refractivity contribution in [1.29, 1.82) is 0 Å². The topological polar surface area (TPSA) is 17.8 Å². The smallest absolute Gasteiger partial charge is 0.266 e. The van der Waals surface area contributed by atoms with Gasteiger partial charge in [-0.2, -0.15) is 5.10 Å². The Kier molecular flexibility index (Phi) is 3.50. The van der Waals surface area contributed by atoms with E-state index in [9.17, 15) is 8.78 Å². The Morgan fingerprint density at radius 1 is 1.24 bits per heavy atom. The zero-order valence-electron chi connectivity index (χ0n) is 10.7. The minimum Gasteiger partial charge on any atom is -0.266 e. The van der Waals surface area contributed by atoms with E-state index in [1.54, 1.807) is 6.92 Å². The first-order valence-electron chi connectivity index (χ1n) is 6.39. The molecule has 0 saturated heterocycles. The number of nitrogens with zero attached hydrogens (tertiary/aromatic N) is 2. The van der Waals surface area contributed by atoms with Crippen molar-refractivity contribution in [2.45, 2.75) is 64.8 Å². The lowest BCUT2D eigenvalue weighted by atomic mass is 10.0. The molecule has 0 N–H and O–H groups in total. The van der Waals surface area contributed by atoms with Crippen LogP contribution in [-0.2, 0) is 0 Å². The highest BCUT2D eigenvalue weighted by molar-refractivity contribution is 5.28. The van der Waals surface area contributed by atoms with Gasteiger partial charge in [-0.3, -0.25) is 4.68 Å². The summed E-state index contributed by atoms with van der Waals surface area (Å²) in [7, 11) is 0. The van der Waals surface area contributed by atoms with Gasteiger partial charge in [0.05, 0.1) is 6.04 Å². The number of aromatic nitrogens is 2. The summed E-state index contributed by atoms with van der Waals surface area (Å²) in [6, 6.07) is 0.332. The van der Waals surface area contributed by atoms with Crippen LogP contribution in [0.4, 0.5) is 8.78 Å². The summed E-state index contributed by atoms with van der Waals surface area (Å²) in [6.45, 7) is 5.87. The molecule has 0 aromatic carbocycles. The number of hydrogen-bond acceptors (Lipinski definition) is 1. The molecule has 4 heteroatoms. The van der Waals surface area contributed by atoms with E-state index in [0.717, 1.165) is 18.5 Å². The van der Waals surface area contributed by atoms with Crippen molar-refractivity contribution in [3.8, 4) is 0 Å². The summed E-state index contributed by atoms with van der Waals surface area (Å²) in [5.41, 5.74) is 1.65. The Labute approximate surface area is 101 Å². The first-order valence-corrected chi connectivity index (χ1v) is 6.39. The quantitative estimate of drug-likeness (QED) is 0.769. The lowest BCUT2D eigenvalue weighted by Gasteiger charge is -2.17. The molecule has 1 heterocycles. The second kappa shape index (κ2) is 4.75. The molecule has 0 aliphatic heterocycles. The Morgan fingerprint density at radius 2 is 1.82 bits per heavy atom. The lowest BCUT2D eigenvalue weighted by molar-refractivity contribution is 0.143. The monoisotopic (exact) mass is 242 g/mol. The van der Waals surface area contributed by atoms with Crippen molar-refractivity contribution in [2.75, 3.05) is 0 Å². The molecular weight excluding hydrogens is 222 g/mol. The highest BCUT2D eigenvalue weighted by Gasteiger charge is 2.27. The van der Waals surface area contributed by atoms with Gasteiger partial charge in [-0.25, -0.2) is 8.78 Å². The molecule has 2 rings (SSSR count). The summed E-state index contributed by atoms with van der Waals surface area (Å²) in [5, 5.41) is 4.18. The van der Waals surface area contributed by atoms with Crippen LogP contribution in [0.25, 0.3) is 0 Å². The molecule has 1 saturated carbocycles. The van der Waals surface area contributed by atoms with E-state index < -0.39 is 6.43 Å². The van der Waals surface area contributed by atoms with E-state index in [2.05, 4.69) is 5.10 Å². The third kappa shape index (κ3) is 2.22. The normalized spacial score (nSPS) is 17.6. The van der Waals surface area contributed by atoms with Crippen LogP contribution in [0.3, 0.4) is 0 Å². The van der Waals surface area contributed by atoms with Gasteiger partial charge in [0, 0.05) is 5.69 Å². The van der Waals surface area contributed by atoms with E-state index in [1.165, 1.54) is 12.8 Å². The average molecular weight is 242 g/mol. The Bertz CT molecular complexity index is 390. The molecule has 1 fully saturated rings. The van der Waals surface area contributed by atoms with Crippen LogP contribution < -0.4 is 0 Å². The zero-order valence-corrected chi connectivity index (χ0v) is 10.7. The third-order valence-corrected chi connectivity index (χ3v) is 3.65. The van der Waals surface area contributed by atoms with Crippen LogP contribution in [0, 0.1) is 6.92 Å². The van der Waals surface area contributed by atoms with Gasteiger partial charge < -0.3 is 0 Å². The maximum absolute atomic E-state index is 12.9. The average Bonchev–Trinajstić information content (AvgIpc) is 2.82. The predicted molar refractivity (Wildman–Crippen MR) is 63.5 cm³/mol. The number of rotatable bonds is 3. The Morgan fingerprint density at radius 3 is 2.29 bits per heavy atom. The summed E-state index contributed by atoms with van der Waals surface area (Å²) < 4.78 is 27.7. The van der Waals surface area contributed by atoms with Gasteiger partial charge in [0.1, 0.15) is 5.69 Å². The molecule has 17 heavy (non-hydrogen) atoms. The standard InChI is InChI=1S/C13H20F2N2/c1-8(2)12-9(3)11(13(14)15)16-17(12)10-6-4-5-7-10/h8,10,13H,4-7H2,1-3H3. The fourth-order valence-electron chi connectivity index (χ4n) is 2.88. The summed E-state index contributed by atoms with van der Waals surface area (Å²) in [5.74, 6) is 0.246. The predicted octanol–water partition coefficient (Wildman–Crippen LogP) is 4.37. The van der Waals surface area contributed by atoms with Crippen LogP contribution in [0.5, 0.6) is 0 Å². The fraction of sp³-hybridized carbons (Fsp3) is 0.769. The van der Waals surface area contributed by atoms with E-state index in [4.69, 9.17) is 0 Å². The number of hydrogen-bond donors (Lipinski definition) is 0. The maximum atomic E-state index is 12.9. The number of alkyl halides is 2. The lowest BCUT2D eigenvalue weighted by Crippen LogP contribution is -2.12. The molecular formula is C13H20F2N2. The molecule has 96 valence electrons. The number of halogens is 2. The molecule has 1 aliphatic rings. The minimum atomic E-state index is -2.46. The highest BCUT2D eigenvalue weighted by atomic mass is 19.3. The van der Waals surface area contributed by atoms with Crippen molar-refractivity contribution in [3.05, 3.63) is 17.0 Å². The zero-order chi connectivity index (χ0) is 12.6. The fourth-order valence-corrected chi connectivity index (χ4v) is 2.88. The molecule has 1 aromatic heterocycles. The van der Waals surface area contributed by atoms with Crippen molar-refractivity contribution in [1.82, 2.24) is 9.78 Å². The van der Waals surface area contributed by atoms with E-state index in [0.29, 0.717) is 11.6 Å². The molecule has 0 amide bonds. The molecule has 0 spiro atoms. The molecule has 2 nitrogen and oxygen atoms in total. The first kappa shape index (κ1) is 12.5. The van der Waals surface area contributed by atoms with Gasteiger partial charge in [-0.1, -0.05) is 26.7 Å². The SMILES string of the molecule is Cc1c(C(F)F)nn(C2CCCC2)c1C(C)C. The van der Waals surface area contributed by atoms with Gasteiger partial charge in [-0.15, -0.1) is 0 Å². The van der Waals surface area contributed by atoms with Gasteiger partial charge in [-0.05, 0) is 31.2 Å². The summed E-state index contributed by atoms with van der Waals surface area (Å²) in [6.07, 6.45) is 2.05. The van der Waals surface area contributed by atoms with Gasteiger partial charge in [0.25, 0.3) is 6.43 Å². The van der Waals surface area contributed by atoms with Crippen molar-refractivity contribution in [3.63, 3.8) is 0 Å². The van der Waals surface area contributed by atoms with E-state index in [1.807, 2.05) is 18.5 Å². The van der Waals surface area contributed by atoms with Crippen LogP contribution in [-0.4, -0.2) is 9.78 Å². The first-order chi connectivity index (χ1) is 8.02. The third-order valence-electron chi connectivity index (χ3n) is 3.65. The van der Waals surface area contributed by atoms with Crippen molar-refractivity contribution < 1.29 is 8.78 Å². The molecule has 0 atom stereocenters. The summed E-state index contributed by atoms with van der Waals surface area (Å²) in [4.78, 5) is 0. The van der Waals surface area contributed by atoms with Gasteiger partial charge >= 0.3 is 0 Å². The Hall–Kier alpha value is -0.930. The molecule has 0 radical (unpaired) electrons. The van der Waals surface area contributed by atoms with Crippen LogP contribution in [0.15, 0.2) is 0 Å². The highest BCUT2D eigenvalue weighted by Crippen LogP contribution is 2.36. The molecule has 0 bridgehead atoms. The van der Waals surface area contributed by atoms with Gasteiger partial charge in [0.2, 0.25) is 0 Å². The second-order valence-electron chi connectivity index (χ2n) is 5.23. The Balaban J connectivity index is 2.45. The van der Waals surface area contributed by atoms with E-state index in [-0.39, 0.29) is 11.6 Å². The molecule has 1 aromatic rings. The molecule has 0 unspecified atom stereocenters.